The lowest BCUT2D eigenvalue weighted by Gasteiger charge is -2.24. The molecule has 2 aliphatic rings. The molecule has 1 aromatic rings. The van der Waals surface area contributed by atoms with Crippen molar-refractivity contribution in [2.75, 3.05) is 31.2 Å². The predicted octanol–water partition coefficient (Wildman–Crippen LogP) is 2.02. The van der Waals surface area contributed by atoms with Crippen molar-refractivity contribution in [1.29, 1.82) is 0 Å². The normalized spacial score (nSPS) is 27.4. The molecule has 2 aliphatic heterocycles. The summed E-state index contributed by atoms with van der Waals surface area (Å²) in [5, 5.41) is 0. The summed E-state index contributed by atoms with van der Waals surface area (Å²) in [6.45, 7) is 10.2. The summed E-state index contributed by atoms with van der Waals surface area (Å²) in [4.78, 5) is 11.5. The van der Waals surface area contributed by atoms with E-state index in [2.05, 4.69) is 28.7 Å². The number of anilines is 1. The highest BCUT2D eigenvalue weighted by Gasteiger charge is 2.42. The van der Waals surface area contributed by atoms with E-state index in [1.807, 2.05) is 6.92 Å². The van der Waals surface area contributed by atoms with Crippen molar-refractivity contribution in [3.8, 4) is 0 Å². The van der Waals surface area contributed by atoms with Gasteiger partial charge in [0, 0.05) is 36.4 Å². The molecule has 4 nitrogen and oxygen atoms in total. The molecule has 98 valence electrons. The van der Waals surface area contributed by atoms with Crippen LogP contribution >= 0.6 is 0 Å². The summed E-state index contributed by atoms with van der Waals surface area (Å²) in [5.41, 5.74) is 2.71. The van der Waals surface area contributed by atoms with Crippen LogP contribution in [0.5, 0.6) is 0 Å². The molecular weight excluding hydrogens is 226 g/mol. The molecule has 2 fully saturated rings. The fourth-order valence-corrected chi connectivity index (χ4v) is 3.15. The van der Waals surface area contributed by atoms with Crippen molar-refractivity contribution in [3.63, 3.8) is 0 Å². The average Bonchev–Trinajstić information content (AvgIpc) is 2.95. The Morgan fingerprint density at radius 1 is 1.17 bits per heavy atom. The molecule has 0 bridgehead atoms. The molecule has 0 aliphatic carbocycles. The molecule has 1 aromatic heterocycles. The van der Waals surface area contributed by atoms with Crippen LogP contribution in [0.15, 0.2) is 0 Å². The summed E-state index contributed by atoms with van der Waals surface area (Å²) < 4.78 is 5.58. The van der Waals surface area contributed by atoms with E-state index in [1.54, 1.807) is 0 Å². The Labute approximate surface area is 108 Å². The maximum atomic E-state index is 5.58. The molecule has 1 spiro atoms. The van der Waals surface area contributed by atoms with E-state index in [4.69, 9.17) is 4.74 Å². The Kier molecular flexibility index (Phi) is 2.77. The van der Waals surface area contributed by atoms with Gasteiger partial charge in [-0.05, 0) is 33.6 Å². The predicted molar refractivity (Wildman–Crippen MR) is 70.9 cm³/mol. The zero-order valence-electron chi connectivity index (χ0n) is 11.5. The maximum Gasteiger partial charge on any atom is 0.135 e. The average molecular weight is 247 g/mol. The third-order valence-corrected chi connectivity index (χ3v) is 4.40. The van der Waals surface area contributed by atoms with E-state index in [1.165, 1.54) is 18.4 Å². The van der Waals surface area contributed by atoms with Crippen LogP contribution < -0.4 is 4.90 Å². The van der Waals surface area contributed by atoms with Crippen molar-refractivity contribution < 1.29 is 4.74 Å². The standard InChI is InChI=1S/C14H21N3O/c1-10-11(2)15-12(3)16-13(10)17-6-4-14(8-17)5-7-18-9-14/h4-9H2,1-3H3/t14-/m1/s1. The molecule has 0 N–H and O–H groups in total. The number of ether oxygens (including phenoxy) is 1. The van der Waals surface area contributed by atoms with E-state index in [-0.39, 0.29) is 0 Å². The molecule has 0 aromatic carbocycles. The number of aryl methyl sites for hydroxylation is 2. The first-order chi connectivity index (χ1) is 8.60. The summed E-state index contributed by atoms with van der Waals surface area (Å²) in [5.74, 6) is 2.00. The Bertz CT molecular complexity index is 466. The van der Waals surface area contributed by atoms with Crippen LogP contribution in [0.2, 0.25) is 0 Å². The smallest absolute Gasteiger partial charge is 0.135 e. The van der Waals surface area contributed by atoms with Gasteiger partial charge in [0.05, 0.1) is 6.61 Å². The third-order valence-electron chi connectivity index (χ3n) is 4.40. The minimum absolute atomic E-state index is 0.388. The summed E-state index contributed by atoms with van der Waals surface area (Å²) in [6.07, 6.45) is 2.43. The summed E-state index contributed by atoms with van der Waals surface area (Å²) in [7, 11) is 0. The Balaban J connectivity index is 1.88. The van der Waals surface area contributed by atoms with Gasteiger partial charge in [0.1, 0.15) is 11.6 Å². The molecule has 3 rings (SSSR count). The van der Waals surface area contributed by atoms with Gasteiger partial charge in [0.15, 0.2) is 0 Å². The van der Waals surface area contributed by atoms with E-state index >= 15 is 0 Å². The van der Waals surface area contributed by atoms with Crippen LogP contribution in [0.1, 0.15) is 29.9 Å². The lowest BCUT2D eigenvalue weighted by atomic mass is 9.87. The number of nitrogens with zero attached hydrogens (tertiary/aromatic N) is 3. The van der Waals surface area contributed by atoms with Crippen molar-refractivity contribution in [2.45, 2.75) is 33.6 Å². The van der Waals surface area contributed by atoms with Gasteiger partial charge in [-0.1, -0.05) is 0 Å². The fourth-order valence-electron chi connectivity index (χ4n) is 3.15. The number of aromatic nitrogens is 2. The quantitative estimate of drug-likeness (QED) is 0.761. The summed E-state index contributed by atoms with van der Waals surface area (Å²) >= 11 is 0. The highest BCUT2D eigenvalue weighted by atomic mass is 16.5. The molecular formula is C14H21N3O. The zero-order chi connectivity index (χ0) is 12.8. The molecule has 18 heavy (non-hydrogen) atoms. The summed E-state index contributed by atoms with van der Waals surface area (Å²) in [6, 6.07) is 0. The topological polar surface area (TPSA) is 38.2 Å². The second-order valence-electron chi connectivity index (χ2n) is 5.78. The first kappa shape index (κ1) is 11.9. The molecule has 4 heteroatoms. The van der Waals surface area contributed by atoms with Gasteiger partial charge in [-0.2, -0.15) is 0 Å². The molecule has 2 saturated heterocycles. The molecule has 1 atom stereocenters. The SMILES string of the molecule is Cc1nc(C)c(C)c(N2CC[C@@]3(CCOC3)C2)n1. The number of hydrogen-bond acceptors (Lipinski definition) is 4. The van der Waals surface area contributed by atoms with E-state index in [9.17, 15) is 0 Å². The molecule has 0 unspecified atom stereocenters. The molecule has 0 amide bonds. The van der Waals surface area contributed by atoms with Crippen LogP contribution in [-0.4, -0.2) is 36.3 Å². The maximum absolute atomic E-state index is 5.58. The van der Waals surface area contributed by atoms with Gasteiger partial charge >= 0.3 is 0 Å². The molecule has 3 heterocycles. The van der Waals surface area contributed by atoms with Crippen molar-refractivity contribution >= 4 is 5.82 Å². The lowest BCUT2D eigenvalue weighted by Crippen LogP contribution is -2.28. The minimum atomic E-state index is 0.388. The second kappa shape index (κ2) is 4.19. The largest absolute Gasteiger partial charge is 0.381 e. The van der Waals surface area contributed by atoms with Crippen LogP contribution in [0.4, 0.5) is 5.82 Å². The number of hydrogen-bond donors (Lipinski definition) is 0. The van der Waals surface area contributed by atoms with Gasteiger partial charge in [0.2, 0.25) is 0 Å². The Morgan fingerprint density at radius 2 is 2.00 bits per heavy atom. The lowest BCUT2D eigenvalue weighted by molar-refractivity contribution is 0.160. The highest BCUT2D eigenvalue weighted by molar-refractivity contribution is 5.49. The van der Waals surface area contributed by atoms with Crippen molar-refractivity contribution in [3.05, 3.63) is 17.1 Å². The fraction of sp³-hybridized carbons (Fsp3) is 0.714. The van der Waals surface area contributed by atoms with Crippen molar-refractivity contribution in [1.82, 2.24) is 9.97 Å². The molecule has 0 radical (unpaired) electrons. The third kappa shape index (κ3) is 1.88. The van der Waals surface area contributed by atoms with Crippen molar-refractivity contribution in [2.24, 2.45) is 5.41 Å². The van der Waals surface area contributed by atoms with E-state index < -0.39 is 0 Å². The van der Waals surface area contributed by atoms with Gasteiger partial charge in [-0.25, -0.2) is 9.97 Å². The highest BCUT2D eigenvalue weighted by Crippen LogP contribution is 2.40. The Hall–Kier alpha value is -1.16. The van der Waals surface area contributed by atoms with Crippen LogP contribution in [-0.2, 0) is 4.74 Å². The van der Waals surface area contributed by atoms with Gasteiger partial charge in [0.25, 0.3) is 0 Å². The van der Waals surface area contributed by atoms with Crippen LogP contribution in [0, 0.1) is 26.2 Å². The minimum Gasteiger partial charge on any atom is -0.381 e. The van der Waals surface area contributed by atoms with Gasteiger partial charge < -0.3 is 9.64 Å². The first-order valence-corrected chi connectivity index (χ1v) is 6.74. The van der Waals surface area contributed by atoms with E-state index in [0.29, 0.717) is 5.41 Å². The molecule has 0 saturated carbocycles. The first-order valence-electron chi connectivity index (χ1n) is 6.74. The van der Waals surface area contributed by atoms with Crippen LogP contribution in [0.25, 0.3) is 0 Å². The monoisotopic (exact) mass is 247 g/mol. The zero-order valence-corrected chi connectivity index (χ0v) is 11.5. The van der Waals surface area contributed by atoms with Crippen LogP contribution in [0.3, 0.4) is 0 Å². The Morgan fingerprint density at radius 3 is 2.72 bits per heavy atom. The van der Waals surface area contributed by atoms with E-state index in [0.717, 1.165) is 43.6 Å². The second-order valence-corrected chi connectivity index (χ2v) is 5.78. The number of rotatable bonds is 1. The van der Waals surface area contributed by atoms with Gasteiger partial charge in [-0.3, -0.25) is 0 Å². The van der Waals surface area contributed by atoms with Gasteiger partial charge in [-0.15, -0.1) is 0 Å².